The van der Waals surface area contributed by atoms with Crippen LogP contribution in [0, 0.1) is 5.92 Å². The summed E-state index contributed by atoms with van der Waals surface area (Å²) in [6, 6.07) is 45.2. The van der Waals surface area contributed by atoms with Crippen molar-refractivity contribution in [1.29, 1.82) is 0 Å². The minimum atomic E-state index is -0.545. The molecule has 2 heterocycles. The van der Waals surface area contributed by atoms with Gasteiger partial charge in [0.1, 0.15) is 0 Å². The van der Waals surface area contributed by atoms with E-state index in [1.807, 2.05) is 54.6 Å². The molecule has 8 nitrogen and oxygen atoms in total. The van der Waals surface area contributed by atoms with Crippen LogP contribution in [0.25, 0.3) is 11.1 Å². The number of hydrogen-bond donors (Lipinski definition) is 3. The number of urea groups is 1. The van der Waals surface area contributed by atoms with Crippen molar-refractivity contribution in [3.05, 3.63) is 167 Å². The van der Waals surface area contributed by atoms with Gasteiger partial charge in [-0.25, -0.2) is 4.79 Å². The van der Waals surface area contributed by atoms with Crippen molar-refractivity contribution in [2.24, 2.45) is 5.92 Å². The van der Waals surface area contributed by atoms with E-state index >= 15 is 0 Å². The molecule has 2 aliphatic rings. The fourth-order valence-electron chi connectivity index (χ4n) is 7.30. The van der Waals surface area contributed by atoms with Gasteiger partial charge in [0, 0.05) is 63.8 Å². The topological polar surface area (TPSA) is 86.3 Å². The highest BCUT2D eigenvalue weighted by molar-refractivity contribution is 5.74. The second kappa shape index (κ2) is 17.8. The lowest BCUT2D eigenvalue weighted by Gasteiger charge is -2.44. The van der Waals surface area contributed by atoms with Crippen LogP contribution in [0.5, 0.6) is 0 Å². The van der Waals surface area contributed by atoms with Crippen LogP contribution < -0.4 is 10.6 Å². The fraction of sp³-hybridized carbons (Fsp3) is 0.311. The second-order valence-electron chi connectivity index (χ2n) is 14.2. The van der Waals surface area contributed by atoms with Gasteiger partial charge in [-0.1, -0.05) is 128 Å². The molecule has 0 spiro atoms. The van der Waals surface area contributed by atoms with Crippen LogP contribution in [-0.4, -0.2) is 59.8 Å². The van der Waals surface area contributed by atoms with Crippen molar-refractivity contribution in [2.45, 2.75) is 51.7 Å². The Balaban J connectivity index is 1.03. The van der Waals surface area contributed by atoms with Gasteiger partial charge in [0.2, 0.25) is 0 Å². The molecule has 2 amide bonds. The van der Waals surface area contributed by atoms with E-state index in [0.717, 1.165) is 78.2 Å². The van der Waals surface area contributed by atoms with Crippen LogP contribution in [0.1, 0.15) is 52.7 Å². The van der Waals surface area contributed by atoms with Crippen molar-refractivity contribution >= 4 is 6.03 Å². The Labute approximate surface area is 313 Å². The Morgan fingerprint density at radius 2 is 1.25 bits per heavy atom. The molecule has 2 saturated heterocycles. The van der Waals surface area contributed by atoms with Gasteiger partial charge < -0.3 is 25.2 Å². The van der Waals surface area contributed by atoms with Gasteiger partial charge in [-0.3, -0.25) is 9.80 Å². The van der Waals surface area contributed by atoms with E-state index in [2.05, 4.69) is 106 Å². The summed E-state index contributed by atoms with van der Waals surface area (Å²) in [5.41, 5.74) is 8.47. The highest BCUT2D eigenvalue weighted by Gasteiger charge is 2.39. The fourth-order valence-corrected chi connectivity index (χ4v) is 7.30. The molecule has 0 aromatic heterocycles. The molecule has 5 aromatic carbocycles. The summed E-state index contributed by atoms with van der Waals surface area (Å²) in [4.78, 5) is 17.6. The molecule has 2 aliphatic heterocycles. The van der Waals surface area contributed by atoms with Gasteiger partial charge >= 0.3 is 6.03 Å². The molecule has 8 heteroatoms. The Bertz CT molecular complexity index is 1900. The maximum absolute atomic E-state index is 12.5. The molecule has 4 atom stereocenters. The lowest BCUT2D eigenvalue weighted by Crippen LogP contribution is -2.51. The number of nitrogens with zero attached hydrogens (tertiary/aromatic N) is 2. The van der Waals surface area contributed by atoms with E-state index < -0.39 is 6.29 Å². The number of carbonyl (C=O) groups is 1. The lowest BCUT2D eigenvalue weighted by atomic mass is 9.89. The van der Waals surface area contributed by atoms with Crippen molar-refractivity contribution in [3.8, 4) is 11.1 Å². The predicted molar refractivity (Wildman–Crippen MR) is 209 cm³/mol. The van der Waals surface area contributed by atoms with E-state index in [4.69, 9.17) is 9.47 Å². The number of nitrogens with one attached hydrogen (secondary N) is 2. The molecule has 2 fully saturated rings. The number of aliphatic hydroxyl groups is 1. The third-order valence-corrected chi connectivity index (χ3v) is 10.4. The van der Waals surface area contributed by atoms with E-state index in [0.29, 0.717) is 13.1 Å². The smallest absolute Gasteiger partial charge is 0.315 e. The Hall–Kier alpha value is -4.83. The van der Waals surface area contributed by atoms with Crippen LogP contribution in [0.4, 0.5) is 4.79 Å². The summed E-state index contributed by atoms with van der Waals surface area (Å²) < 4.78 is 13.7. The van der Waals surface area contributed by atoms with Crippen LogP contribution >= 0.6 is 0 Å². The monoisotopic (exact) mass is 710 g/mol. The predicted octanol–water partition coefficient (Wildman–Crippen LogP) is 7.45. The molecule has 0 radical (unpaired) electrons. The first kappa shape index (κ1) is 36.5. The maximum Gasteiger partial charge on any atom is 0.315 e. The summed E-state index contributed by atoms with van der Waals surface area (Å²) >= 11 is 0. The zero-order valence-electron chi connectivity index (χ0n) is 30.4. The van der Waals surface area contributed by atoms with Gasteiger partial charge in [-0.05, 0) is 51.1 Å². The molecule has 53 heavy (non-hydrogen) atoms. The number of carbonyl (C=O) groups excluding carboxylic acids is 1. The summed E-state index contributed by atoms with van der Waals surface area (Å²) in [5, 5.41) is 15.6. The molecule has 7 rings (SSSR count). The number of hydrogen-bond acceptors (Lipinski definition) is 6. The largest absolute Gasteiger partial charge is 0.392 e. The highest BCUT2D eigenvalue weighted by Crippen LogP contribution is 2.42. The number of amides is 2. The van der Waals surface area contributed by atoms with E-state index in [9.17, 15) is 9.90 Å². The standard InChI is InChI=1S/C45H50N4O4/c1-33-42(31-49-24-22-48(23-25-49)30-35-12-6-3-7-13-35)52-44(53-43(33)38-20-18-36(32-50)19-21-38)41-17-9-16-40(27-41)39-15-8-14-37(26-39)29-47-45(51)46-28-34-10-4-2-5-11-34/h2-21,26-27,33,42-44,50H,22-25,28-32H2,1H3,(H2,46,47,51)/t33-,42+,43+,44+/m1/s1. The van der Waals surface area contributed by atoms with Gasteiger partial charge in [-0.15, -0.1) is 0 Å². The Morgan fingerprint density at radius 1 is 0.642 bits per heavy atom. The van der Waals surface area contributed by atoms with Gasteiger partial charge in [0.15, 0.2) is 6.29 Å². The van der Waals surface area contributed by atoms with E-state index in [1.54, 1.807) is 0 Å². The molecule has 5 aromatic rings. The number of aliphatic hydroxyl groups excluding tert-OH is 1. The molecule has 3 N–H and O–H groups in total. The normalized spacial score (nSPS) is 20.9. The van der Waals surface area contributed by atoms with Crippen molar-refractivity contribution in [3.63, 3.8) is 0 Å². The second-order valence-corrected chi connectivity index (χ2v) is 14.2. The highest BCUT2D eigenvalue weighted by atomic mass is 16.7. The van der Waals surface area contributed by atoms with Gasteiger partial charge in [0.25, 0.3) is 0 Å². The molecule has 0 saturated carbocycles. The Morgan fingerprint density at radius 3 is 1.94 bits per heavy atom. The molecule has 0 bridgehead atoms. The lowest BCUT2D eigenvalue weighted by molar-refractivity contribution is -0.276. The average Bonchev–Trinajstić information content (AvgIpc) is 3.22. The number of rotatable bonds is 12. The van der Waals surface area contributed by atoms with Crippen LogP contribution in [-0.2, 0) is 35.7 Å². The SMILES string of the molecule is C[C@@H]1[C@H](CN2CCN(Cc3ccccc3)CC2)O[C@H](c2cccc(-c3cccc(CNC(=O)NCc4ccccc4)c3)c2)O[C@@H]1c1ccc(CO)cc1. The van der Waals surface area contributed by atoms with Crippen LogP contribution in [0.3, 0.4) is 0 Å². The number of piperazine rings is 1. The number of benzene rings is 5. The van der Waals surface area contributed by atoms with Crippen molar-refractivity contribution in [1.82, 2.24) is 20.4 Å². The van der Waals surface area contributed by atoms with Crippen LogP contribution in [0.2, 0.25) is 0 Å². The first-order chi connectivity index (χ1) is 26.0. The zero-order valence-corrected chi connectivity index (χ0v) is 30.4. The van der Waals surface area contributed by atoms with Crippen LogP contribution in [0.15, 0.2) is 133 Å². The van der Waals surface area contributed by atoms with Crippen molar-refractivity contribution < 1.29 is 19.4 Å². The molecular weight excluding hydrogens is 661 g/mol. The molecular formula is C45H50N4O4. The van der Waals surface area contributed by atoms with Gasteiger partial charge in [-0.2, -0.15) is 0 Å². The summed E-state index contributed by atoms with van der Waals surface area (Å²) in [6.07, 6.45) is -0.754. The minimum absolute atomic E-state index is 0.0114. The molecule has 274 valence electrons. The minimum Gasteiger partial charge on any atom is -0.392 e. The number of ether oxygens (including phenoxy) is 2. The van der Waals surface area contributed by atoms with Crippen molar-refractivity contribution in [2.75, 3.05) is 32.7 Å². The zero-order chi connectivity index (χ0) is 36.4. The van der Waals surface area contributed by atoms with E-state index in [1.165, 1.54) is 5.56 Å². The maximum atomic E-state index is 12.5. The van der Waals surface area contributed by atoms with E-state index in [-0.39, 0.29) is 30.8 Å². The first-order valence-corrected chi connectivity index (χ1v) is 18.7. The first-order valence-electron chi connectivity index (χ1n) is 18.7. The molecule has 0 aliphatic carbocycles. The summed E-state index contributed by atoms with van der Waals surface area (Å²) in [6.45, 7) is 8.99. The third kappa shape index (κ3) is 9.79. The van der Waals surface area contributed by atoms with Gasteiger partial charge in [0.05, 0.1) is 18.8 Å². The Kier molecular flexibility index (Phi) is 12.3. The quantitative estimate of drug-likeness (QED) is 0.125. The third-order valence-electron chi connectivity index (χ3n) is 10.4. The summed E-state index contributed by atoms with van der Waals surface area (Å²) in [5.74, 6) is 0.117. The summed E-state index contributed by atoms with van der Waals surface area (Å²) in [7, 11) is 0. The average molecular weight is 711 g/mol. The molecule has 0 unspecified atom stereocenters.